The molecular weight excluding hydrogens is 152 g/mol. The van der Waals surface area contributed by atoms with Crippen molar-refractivity contribution in [3.8, 4) is 0 Å². The van der Waals surface area contributed by atoms with Gasteiger partial charge in [-0.15, -0.1) is 0 Å². The van der Waals surface area contributed by atoms with E-state index in [0.29, 0.717) is 6.54 Å². The van der Waals surface area contributed by atoms with E-state index < -0.39 is 0 Å². The summed E-state index contributed by atoms with van der Waals surface area (Å²) in [7, 11) is 0. The van der Waals surface area contributed by atoms with Crippen LogP contribution in [0.2, 0.25) is 0 Å². The smallest absolute Gasteiger partial charge is 0.106 e. The van der Waals surface area contributed by atoms with Gasteiger partial charge in [-0.25, -0.2) is 10.4 Å². The highest BCUT2D eigenvalue weighted by atomic mass is 15.5. The zero-order chi connectivity index (χ0) is 9.14. The topological polar surface area (TPSA) is 65.1 Å². The quantitative estimate of drug-likeness (QED) is 0.411. The highest BCUT2D eigenvalue weighted by molar-refractivity contribution is 5.78. The van der Waals surface area contributed by atoms with Crippen LogP contribution in [-0.2, 0) is 0 Å². The van der Waals surface area contributed by atoms with Gasteiger partial charge in [0.15, 0.2) is 0 Å². The third-order valence-corrected chi connectivity index (χ3v) is 2.35. The lowest BCUT2D eigenvalue weighted by Gasteiger charge is -2.41. The Morgan fingerprint density at radius 3 is 2.67 bits per heavy atom. The van der Waals surface area contributed by atoms with Crippen LogP contribution in [0.3, 0.4) is 0 Å². The van der Waals surface area contributed by atoms with Gasteiger partial charge in [-0.05, 0) is 11.8 Å². The molecule has 0 spiro atoms. The lowest BCUT2D eigenvalue weighted by Crippen LogP contribution is -2.57. The van der Waals surface area contributed by atoms with Crippen molar-refractivity contribution in [3.63, 3.8) is 0 Å². The van der Waals surface area contributed by atoms with Gasteiger partial charge in [0.2, 0.25) is 0 Å². The van der Waals surface area contributed by atoms with E-state index in [1.165, 1.54) is 0 Å². The largest absolute Gasteiger partial charge is 0.387 e. The van der Waals surface area contributed by atoms with Crippen LogP contribution in [0.1, 0.15) is 13.8 Å². The molecule has 0 atom stereocenters. The number of nitrogens with zero attached hydrogens (tertiary/aromatic N) is 1. The Kier molecular flexibility index (Phi) is 3.05. The molecule has 1 aliphatic heterocycles. The second-order valence-electron chi connectivity index (χ2n) is 3.77. The molecule has 4 N–H and O–H groups in total. The molecule has 0 saturated carbocycles. The summed E-state index contributed by atoms with van der Waals surface area (Å²) < 4.78 is 0. The van der Waals surface area contributed by atoms with E-state index in [2.05, 4.69) is 24.3 Å². The van der Waals surface area contributed by atoms with Crippen molar-refractivity contribution in [2.45, 2.75) is 13.8 Å². The van der Waals surface area contributed by atoms with Crippen LogP contribution in [0.5, 0.6) is 0 Å². The minimum absolute atomic E-state index is 0.197. The van der Waals surface area contributed by atoms with E-state index in [-0.39, 0.29) is 5.84 Å². The van der Waals surface area contributed by atoms with Gasteiger partial charge >= 0.3 is 0 Å². The summed E-state index contributed by atoms with van der Waals surface area (Å²) in [6.07, 6.45) is 0. The summed E-state index contributed by atoms with van der Waals surface area (Å²) in [5.74, 6) is 1.77. The predicted molar refractivity (Wildman–Crippen MR) is 49.8 cm³/mol. The van der Waals surface area contributed by atoms with Crippen molar-refractivity contribution in [1.29, 1.82) is 5.41 Å². The van der Waals surface area contributed by atoms with Crippen LogP contribution >= 0.6 is 0 Å². The molecule has 0 aliphatic carbocycles. The van der Waals surface area contributed by atoms with Gasteiger partial charge < -0.3 is 5.73 Å². The first kappa shape index (κ1) is 9.48. The molecule has 0 radical (unpaired) electrons. The average Bonchev–Trinajstić information content (AvgIpc) is 1.82. The Labute approximate surface area is 73.6 Å². The maximum atomic E-state index is 7.01. The predicted octanol–water partition coefficient (Wildman–Crippen LogP) is 0.0148. The molecule has 0 aromatic heterocycles. The van der Waals surface area contributed by atoms with Gasteiger partial charge in [0.1, 0.15) is 5.84 Å². The molecule has 0 amide bonds. The van der Waals surface area contributed by atoms with Crippen LogP contribution in [0.15, 0.2) is 0 Å². The van der Waals surface area contributed by atoms with Crippen LogP contribution in [-0.4, -0.2) is 30.5 Å². The highest BCUT2D eigenvalue weighted by Crippen LogP contribution is 2.20. The van der Waals surface area contributed by atoms with E-state index in [0.717, 1.165) is 24.9 Å². The molecule has 0 aromatic carbocycles. The minimum Gasteiger partial charge on any atom is -0.387 e. The molecule has 1 saturated heterocycles. The maximum absolute atomic E-state index is 7.01. The van der Waals surface area contributed by atoms with Crippen molar-refractivity contribution < 1.29 is 0 Å². The summed E-state index contributed by atoms with van der Waals surface area (Å²) in [6.45, 7) is 7.14. The van der Waals surface area contributed by atoms with Gasteiger partial charge in [0.25, 0.3) is 0 Å². The zero-order valence-corrected chi connectivity index (χ0v) is 7.80. The first-order chi connectivity index (χ1) is 5.59. The Morgan fingerprint density at radius 1 is 1.67 bits per heavy atom. The number of hydrogen-bond acceptors (Lipinski definition) is 3. The van der Waals surface area contributed by atoms with Crippen LogP contribution in [0.4, 0.5) is 0 Å². The zero-order valence-electron chi connectivity index (χ0n) is 7.80. The lowest BCUT2D eigenvalue weighted by molar-refractivity contribution is 0.0251. The molecule has 4 nitrogen and oxygen atoms in total. The molecular formula is C8H18N4. The minimum atomic E-state index is 0.197. The highest BCUT2D eigenvalue weighted by Gasteiger charge is 2.28. The first-order valence-electron chi connectivity index (χ1n) is 4.41. The van der Waals surface area contributed by atoms with Crippen molar-refractivity contribution in [2.75, 3.05) is 19.6 Å². The maximum Gasteiger partial charge on any atom is 0.106 e. The van der Waals surface area contributed by atoms with Gasteiger partial charge in [-0.3, -0.25) is 5.41 Å². The van der Waals surface area contributed by atoms with Gasteiger partial charge in [-0.1, -0.05) is 13.8 Å². The molecule has 1 rings (SSSR count). The summed E-state index contributed by atoms with van der Waals surface area (Å²) in [6, 6.07) is 0. The number of nitrogens with one attached hydrogen (secondary N) is 2. The fourth-order valence-corrected chi connectivity index (χ4v) is 1.26. The van der Waals surface area contributed by atoms with Gasteiger partial charge in [0.05, 0.1) is 6.54 Å². The first-order valence-corrected chi connectivity index (χ1v) is 4.41. The lowest BCUT2D eigenvalue weighted by atomic mass is 9.90. The molecule has 1 fully saturated rings. The molecule has 0 unspecified atom stereocenters. The molecule has 1 heterocycles. The normalized spacial score (nSPS) is 19.6. The number of hydrogen-bond donors (Lipinski definition) is 3. The molecule has 0 aromatic rings. The summed E-state index contributed by atoms with van der Waals surface area (Å²) >= 11 is 0. The molecule has 70 valence electrons. The van der Waals surface area contributed by atoms with Crippen LogP contribution in [0.25, 0.3) is 0 Å². The Bertz CT molecular complexity index is 160. The Balaban J connectivity index is 2.06. The SMILES string of the molecule is CC(C)C1CN(NCC(=N)N)C1. The Hall–Kier alpha value is -0.610. The van der Waals surface area contributed by atoms with Gasteiger partial charge in [0, 0.05) is 13.1 Å². The van der Waals surface area contributed by atoms with E-state index in [1.54, 1.807) is 0 Å². The second kappa shape index (κ2) is 3.87. The molecule has 12 heavy (non-hydrogen) atoms. The fraction of sp³-hybridized carbons (Fsp3) is 0.875. The van der Waals surface area contributed by atoms with Gasteiger partial charge in [-0.2, -0.15) is 0 Å². The van der Waals surface area contributed by atoms with E-state index >= 15 is 0 Å². The van der Waals surface area contributed by atoms with Crippen molar-refractivity contribution in [3.05, 3.63) is 0 Å². The van der Waals surface area contributed by atoms with Crippen molar-refractivity contribution in [2.24, 2.45) is 17.6 Å². The summed E-state index contributed by atoms with van der Waals surface area (Å²) in [4.78, 5) is 0. The fourth-order valence-electron chi connectivity index (χ4n) is 1.26. The third kappa shape index (κ3) is 2.46. The average molecular weight is 170 g/mol. The third-order valence-electron chi connectivity index (χ3n) is 2.35. The van der Waals surface area contributed by atoms with E-state index in [9.17, 15) is 0 Å². The van der Waals surface area contributed by atoms with Crippen molar-refractivity contribution in [1.82, 2.24) is 10.4 Å². The van der Waals surface area contributed by atoms with E-state index in [4.69, 9.17) is 11.1 Å². The van der Waals surface area contributed by atoms with E-state index in [1.807, 2.05) is 0 Å². The standard InChI is InChI=1S/C8H18N4/c1-6(2)7-4-12(5-7)11-3-8(9)10/h6-7,11H,3-5H2,1-2H3,(H3,9,10). The number of hydrazine groups is 1. The number of rotatable bonds is 4. The number of amidine groups is 1. The van der Waals surface area contributed by atoms with Crippen LogP contribution < -0.4 is 11.2 Å². The van der Waals surface area contributed by atoms with Crippen LogP contribution in [0, 0.1) is 17.2 Å². The second-order valence-corrected chi connectivity index (χ2v) is 3.77. The monoisotopic (exact) mass is 170 g/mol. The summed E-state index contributed by atoms with van der Waals surface area (Å²) in [5, 5.41) is 9.13. The van der Waals surface area contributed by atoms with Crippen molar-refractivity contribution >= 4 is 5.84 Å². The molecule has 1 aliphatic rings. The molecule has 4 heteroatoms. The number of nitrogens with two attached hydrogens (primary N) is 1. The Morgan fingerprint density at radius 2 is 2.25 bits per heavy atom. The summed E-state index contributed by atoms with van der Waals surface area (Å²) in [5.41, 5.74) is 8.30. The molecule has 0 bridgehead atoms.